The number of carbonyl (C=O) groups excluding carboxylic acids is 2. The van der Waals surface area contributed by atoms with Gasteiger partial charge in [-0.1, -0.05) is 36.4 Å². The van der Waals surface area contributed by atoms with E-state index in [-0.39, 0.29) is 22.7 Å². The molecule has 3 aromatic rings. The number of ether oxygens (including phenoxy) is 2. The van der Waals surface area contributed by atoms with E-state index in [0.29, 0.717) is 22.6 Å². The van der Waals surface area contributed by atoms with Crippen LogP contribution in [-0.4, -0.2) is 35.9 Å². The molecule has 9 heteroatoms. The molecule has 0 bridgehead atoms. The second-order valence-electron chi connectivity index (χ2n) is 7.42. The number of non-ortho nitro benzene ring substituents is 1. The van der Waals surface area contributed by atoms with Crippen LogP contribution >= 0.6 is 0 Å². The number of rotatable bonds is 6. The molecule has 1 aliphatic heterocycles. The number of nitrogens with zero attached hydrogens (tertiary/aromatic N) is 2. The first-order chi connectivity index (χ1) is 16.4. The fourth-order valence-corrected chi connectivity index (χ4v) is 3.95. The van der Waals surface area contributed by atoms with Crippen molar-refractivity contribution in [2.45, 2.75) is 6.04 Å². The number of Topliss-reactive ketones (excluding diaryl/α,β-unsaturated/α-hetero) is 1. The van der Waals surface area contributed by atoms with E-state index >= 15 is 0 Å². The molecule has 3 aromatic carbocycles. The predicted molar refractivity (Wildman–Crippen MR) is 124 cm³/mol. The van der Waals surface area contributed by atoms with Crippen molar-refractivity contribution in [2.75, 3.05) is 19.1 Å². The maximum Gasteiger partial charge on any atom is 0.300 e. The van der Waals surface area contributed by atoms with Crippen LogP contribution in [0.2, 0.25) is 0 Å². The van der Waals surface area contributed by atoms with Crippen molar-refractivity contribution in [3.8, 4) is 11.5 Å². The van der Waals surface area contributed by atoms with Gasteiger partial charge in [0.1, 0.15) is 17.3 Å². The van der Waals surface area contributed by atoms with E-state index < -0.39 is 22.7 Å². The molecule has 0 unspecified atom stereocenters. The zero-order chi connectivity index (χ0) is 24.4. The quantitative estimate of drug-likeness (QED) is 0.192. The molecule has 1 aliphatic rings. The topological polar surface area (TPSA) is 119 Å². The second kappa shape index (κ2) is 9.07. The van der Waals surface area contributed by atoms with Crippen molar-refractivity contribution in [3.05, 3.63) is 99.6 Å². The van der Waals surface area contributed by atoms with Crippen molar-refractivity contribution in [3.63, 3.8) is 0 Å². The van der Waals surface area contributed by atoms with Crippen LogP contribution in [0, 0.1) is 10.1 Å². The third-order valence-corrected chi connectivity index (χ3v) is 5.54. The van der Waals surface area contributed by atoms with Gasteiger partial charge < -0.3 is 14.6 Å². The largest absolute Gasteiger partial charge is 0.507 e. The van der Waals surface area contributed by atoms with Crippen LogP contribution in [-0.2, 0) is 9.59 Å². The first-order valence-corrected chi connectivity index (χ1v) is 10.2. The fourth-order valence-electron chi connectivity index (χ4n) is 3.95. The molecular weight excluding hydrogens is 440 g/mol. The molecule has 1 heterocycles. The van der Waals surface area contributed by atoms with Crippen LogP contribution in [0.3, 0.4) is 0 Å². The standard InChI is InChI=1S/C25H20N2O7/c1-33-18-11-12-20(34-2)19(14-18)22-21(23(28)15-7-4-3-5-8-15)24(29)25(30)26(22)16-9-6-10-17(13-16)27(31)32/h3-14,22,28H,1-2H3/t22-/m1/s1. The Bertz CT molecular complexity index is 1320. The fraction of sp³-hybridized carbons (Fsp3) is 0.120. The summed E-state index contributed by atoms with van der Waals surface area (Å²) in [6, 6.07) is 17.5. The third-order valence-electron chi connectivity index (χ3n) is 5.54. The highest BCUT2D eigenvalue weighted by Crippen LogP contribution is 2.46. The maximum atomic E-state index is 13.3. The second-order valence-corrected chi connectivity index (χ2v) is 7.42. The summed E-state index contributed by atoms with van der Waals surface area (Å²) in [4.78, 5) is 38.4. The van der Waals surface area contributed by atoms with E-state index in [1.807, 2.05) is 0 Å². The Labute approximate surface area is 194 Å². The van der Waals surface area contributed by atoms with E-state index in [2.05, 4.69) is 0 Å². The Hall–Kier alpha value is -4.66. The number of hydrogen-bond donors (Lipinski definition) is 1. The van der Waals surface area contributed by atoms with Gasteiger partial charge in [-0.05, 0) is 24.3 Å². The first kappa shape index (κ1) is 22.5. The van der Waals surface area contributed by atoms with Gasteiger partial charge in [-0.15, -0.1) is 0 Å². The molecule has 0 aliphatic carbocycles. The van der Waals surface area contributed by atoms with Crippen molar-refractivity contribution in [1.82, 2.24) is 0 Å². The number of methoxy groups -OCH3 is 2. The van der Waals surface area contributed by atoms with E-state index in [1.54, 1.807) is 48.5 Å². The molecular formula is C25H20N2O7. The Morgan fingerprint density at radius 3 is 2.35 bits per heavy atom. The average Bonchev–Trinajstić information content (AvgIpc) is 3.13. The van der Waals surface area contributed by atoms with Gasteiger partial charge in [0.05, 0.1) is 36.4 Å². The van der Waals surface area contributed by atoms with Crippen LogP contribution < -0.4 is 14.4 Å². The van der Waals surface area contributed by atoms with Gasteiger partial charge in [0.25, 0.3) is 17.4 Å². The Balaban J connectivity index is 2.02. The lowest BCUT2D eigenvalue weighted by Crippen LogP contribution is -2.29. The van der Waals surface area contributed by atoms with Gasteiger partial charge in [-0.2, -0.15) is 0 Å². The minimum atomic E-state index is -1.13. The summed E-state index contributed by atoms with van der Waals surface area (Å²) in [5, 5.41) is 22.5. The summed E-state index contributed by atoms with van der Waals surface area (Å²) >= 11 is 0. The number of amides is 1. The number of nitro groups is 1. The Morgan fingerprint density at radius 1 is 0.971 bits per heavy atom. The lowest BCUT2D eigenvalue weighted by Gasteiger charge is -2.27. The summed E-state index contributed by atoms with van der Waals surface area (Å²) in [5.41, 5.74) is 0.405. The summed E-state index contributed by atoms with van der Waals surface area (Å²) < 4.78 is 10.8. The van der Waals surface area contributed by atoms with Gasteiger partial charge in [0, 0.05) is 23.3 Å². The first-order valence-electron chi connectivity index (χ1n) is 10.2. The molecule has 4 rings (SSSR count). The van der Waals surface area contributed by atoms with Gasteiger partial charge in [0.15, 0.2) is 0 Å². The summed E-state index contributed by atoms with van der Waals surface area (Å²) in [5.74, 6) is -1.47. The van der Waals surface area contributed by atoms with Crippen molar-refractivity contribution >= 4 is 28.8 Å². The SMILES string of the molecule is COc1ccc(OC)c([C@@H]2C(=C(O)c3ccccc3)C(=O)C(=O)N2c2cccc([N+](=O)[O-])c2)c1. The lowest BCUT2D eigenvalue weighted by atomic mass is 9.94. The molecule has 1 atom stereocenters. The van der Waals surface area contributed by atoms with Gasteiger partial charge >= 0.3 is 0 Å². The van der Waals surface area contributed by atoms with Crippen LogP contribution in [0.15, 0.2) is 78.4 Å². The van der Waals surface area contributed by atoms with Crippen LogP contribution in [0.1, 0.15) is 17.2 Å². The zero-order valence-corrected chi connectivity index (χ0v) is 18.3. The van der Waals surface area contributed by atoms with Gasteiger partial charge in [-0.25, -0.2) is 0 Å². The molecule has 1 fully saturated rings. The zero-order valence-electron chi connectivity index (χ0n) is 18.3. The highest BCUT2D eigenvalue weighted by atomic mass is 16.6. The van der Waals surface area contributed by atoms with E-state index in [4.69, 9.17) is 9.47 Å². The Morgan fingerprint density at radius 2 is 1.71 bits per heavy atom. The molecule has 0 radical (unpaired) electrons. The van der Waals surface area contributed by atoms with Crippen LogP contribution in [0.4, 0.5) is 11.4 Å². The normalized spacial score (nSPS) is 17.0. The number of nitro benzene ring substituents is 1. The number of ketones is 1. The molecule has 0 saturated carbocycles. The third kappa shape index (κ3) is 3.83. The minimum Gasteiger partial charge on any atom is -0.507 e. The van der Waals surface area contributed by atoms with Crippen molar-refractivity contribution in [2.24, 2.45) is 0 Å². The van der Waals surface area contributed by atoms with Crippen molar-refractivity contribution in [1.29, 1.82) is 0 Å². The van der Waals surface area contributed by atoms with Gasteiger partial charge in [0.2, 0.25) is 0 Å². The number of aliphatic hydroxyl groups is 1. The van der Waals surface area contributed by atoms with Crippen molar-refractivity contribution < 1.29 is 29.1 Å². The van der Waals surface area contributed by atoms with E-state index in [1.165, 1.54) is 38.5 Å². The van der Waals surface area contributed by atoms with Crippen LogP contribution in [0.5, 0.6) is 11.5 Å². The smallest absolute Gasteiger partial charge is 0.300 e. The van der Waals surface area contributed by atoms with E-state index in [0.717, 1.165) is 4.90 Å². The summed E-state index contributed by atoms with van der Waals surface area (Å²) in [6.07, 6.45) is 0. The molecule has 0 spiro atoms. The molecule has 1 amide bonds. The number of anilines is 1. The number of carbonyl (C=O) groups is 2. The predicted octanol–water partition coefficient (Wildman–Crippen LogP) is 4.24. The highest BCUT2D eigenvalue weighted by molar-refractivity contribution is 6.51. The number of aliphatic hydroxyl groups excluding tert-OH is 1. The lowest BCUT2D eigenvalue weighted by molar-refractivity contribution is -0.384. The molecule has 0 aromatic heterocycles. The number of hydrogen-bond acceptors (Lipinski definition) is 7. The Kier molecular flexibility index (Phi) is 6.01. The molecule has 9 nitrogen and oxygen atoms in total. The molecule has 1 saturated heterocycles. The summed E-state index contributed by atoms with van der Waals surface area (Å²) in [7, 11) is 2.90. The maximum absolute atomic E-state index is 13.3. The molecule has 34 heavy (non-hydrogen) atoms. The van der Waals surface area contributed by atoms with Gasteiger partial charge in [-0.3, -0.25) is 24.6 Å². The average molecular weight is 460 g/mol. The molecule has 172 valence electrons. The highest BCUT2D eigenvalue weighted by Gasteiger charge is 2.48. The van der Waals surface area contributed by atoms with Crippen LogP contribution in [0.25, 0.3) is 5.76 Å². The minimum absolute atomic E-state index is 0.123. The monoisotopic (exact) mass is 460 g/mol. The molecule has 1 N–H and O–H groups in total. The summed E-state index contributed by atoms with van der Waals surface area (Å²) in [6.45, 7) is 0. The van der Waals surface area contributed by atoms with E-state index in [9.17, 15) is 24.8 Å². The number of benzene rings is 3.